The van der Waals surface area contributed by atoms with Crippen molar-refractivity contribution >= 4 is 15.9 Å². The third kappa shape index (κ3) is 4.01. The molecule has 0 aliphatic carbocycles. The molecule has 0 saturated heterocycles. The minimum absolute atomic E-state index is 0.134. The van der Waals surface area contributed by atoms with Crippen LogP contribution in [0.5, 0.6) is 0 Å². The summed E-state index contributed by atoms with van der Waals surface area (Å²) in [5.74, 6) is -1.60. The third-order valence-electron chi connectivity index (χ3n) is 2.80. The van der Waals surface area contributed by atoms with Crippen molar-refractivity contribution in [2.75, 3.05) is 13.1 Å². The van der Waals surface area contributed by atoms with Gasteiger partial charge in [0.15, 0.2) is 0 Å². The van der Waals surface area contributed by atoms with Crippen molar-refractivity contribution in [3.05, 3.63) is 29.6 Å². The predicted molar refractivity (Wildman–Crippen MR) is 74.0 cm³/mol. The number of carbonyl (C=O) groups excluding carboxylic acids is 1. The minimum atomic E-state index is -4.06. The fourth-order valence-electron chi connectivity index (χ4n) is 1.74. The smallest absolute Gasteiger partial charge is 0.246 e. The van der Waals surface area contributed by atoms with Crippen molar-refractivity contribution in [3.8, 4) is 0 Å². The molecular weight excluding hydrogens is 283 g/mol. The Morgan fingerprint density at radius 3 is 2.60 bits per heavy atom. The van der Waals surface area contributed by atoms with Gasteiger partial charge in [0.1, 0.15) is 10.7 Å². The van der Waals surface area contributed by atoms with E-state index in [0.29, 0.717) is 12.0 Å². The summed E-state index contributed by atoms with van der Waals surface area (Å²) in [6.07, 6.45) is 1.32. The van der Waals surface area contributed by atoms with E-state index < -0.39 is 33.2 Å². The molecule has 0 heterocycles. The summed E-state index contributed by atoms with van der Waals surface area (Å²) in [6, 6.07) is 3.84. The highest BCUT2D eigenvalue weighted by molar-refractivity contribution is 7.89. The van der Waals surface area contributed by atoms with Crippen LogP contribution in [-0.4, -0.2) is 31.7 Å². The second-order valence-corrected chi connectivity index (χ2v) is 6.50. The number of sulfonamides is 1. The average molecular weight is 302 g/mol. The number of hydrogen-bond donors (Lipinski definition) is 1. The van der Waals surface area contributed by atoms with Gasteiger partial charge in [0.2, 0.25) is 15.9 Å². The van der Waals surface area contributed by atoms with Crippen LogP contribution in [0.25, 0.3) is 0 Å². The average Bonchev–Trinajstić information content (AvgIpc) is 2.36. The Kier molecular flexibility index (Phi) is 5.64. The molecule has 1 amide bonds. The number of benzene rings is 1. The summed E-state index contributed by atoms with van der Waals surface area (Å²) in [5.41, 5.74) is 5.69. The molecule has 7 heteroatoms. The van der Waals surface area contributed by atoms with E-state index in [9.17, 15) is 17.6 Å². The van der Waals surface area contributed by atoms with E-state index >= 15 is 0 Å². The van der Waals surface area contributed by atoms with Crippen molar-refractivity contribution in [2.24, 2.45) is 5.73 Å². The van der Waals surface area contributed by atoms with Gasteiger partial charge in [0.25, 0.3) is 0 Å². The van der Waals surface area contributed by atoms with E-state index in [2.05, 4.69) is 0 Å². The van der Waals surface area contributed by atoms with E-state index in [0.717, 1.165) is 16.8 Å². The lowest BCUT2D eigenvalue weighted by Gasteiger charge is -2.21. The maximum Gasteiger partial charge on any atom is 0.246 e. The first-order valence-corrected chi connectivity index (χ1v) is 7.77. The molecule has 112 valence electrons. The molecule has 0 atom stereocenters. The van der Waals surface area contributed by atoms with Crippen LogP contribution in [0.3, 0.4) is 0 Å². The standard InChI is InChI=1S/C13H19FN2O3S/c1-3-4-7-16(9-13(15)17)20(18,19)12-8-10(2)5-6-11(12)14/h5-6,8H,3-4,7,9H2,1-2H3,(H2,15,17). The summed E-state index contributed by atoms with van der Waals surface area (Å²) in [7, 11) is -4.06. The van der Waals surface area contributed by atoms with Crippen molar-refractivity contribution < 1.29 is 17.6 Å². The first-order valence-electron chi connectivity index (χ1n) is 6.33. The number of halogens is 1. The molecule has 1 aromatic carbocycles. The summed E-state index contributed by atoms with van der Waals surface area (Å²) in [6.45, 7) is 3.25. The topological polar surface area (TPSA) is 80.5 Å². The predicted octanol–water partition coefficient (Wildman–Crippen LogP) is 1.41. The van der Waals surface area contributed by atoms with Crippen LogP contribution in [0.4, 0.5) is 4.39 Å². The molecule has 5 nitrogen and oxygen atoms in total. The summed E-state index contributed by atoms with van der Waals surface area (Å²) < 4.78 is 39.5. The molecule has 0 radical (unpaired) electrons. The van der Waals surface area contributed by atoms with Crippen molar-refractivity contribution in [1.29, 1.82) is 0 Å². The molecule has 0 unspecified atom stereocenters. The monoisotopic (exact) mass is 302 g/mol. The van der Waals surface area contributed by atoms with E-state index in [-0.39, 0.29) is 6.54 Å². The number of rotatable bonds is 7. The summed E-state index contributed by atoms with van der Waals surface area (Å²) >= 11 is 0. The quantitative estimate of drug-likeness (QED) is 0.827. The van der Waals surface area contributed by atoms with Crippen molar-refractivity contribution in [1.82, 2.24) is 4.31 Å². The van der Waals surface area contributed by atoms with Gasteiger partial charge >= 0.3 is 0 Å². The van der Waals surface area contributed by atoms with E-state index in [1.54, 1.807) is 6.92 Å². The highest BCUT2D eigenvalue weighted by Crippen LogP contribution is 2.21. The van der Waals surface area contributed by atoms with Gasteiger partial charge in [0, 0.05) is 6.54 Å². The van der Waals surface area contributed by atoms with Crippen molar-refractivity contribution in [2.45, 2.75) is 31.6 Å². The lowest BCUT2D eigenvalue weighted by Crippen LogP contribution is -2.39. The number of amides is 1. The molecular formula is C13H19FN2O3S. The van der Waals surface area contributed by atoms with Gasteiger partial charge in [-0.25, -0.2) is 12.8 Å². The number of carbonyl (C=O) groups is 1. The number of nitrogens with two attached hydrogens (primary N) is 1. The molecule has 0 aliphatic heterocycles. The molecule has 0 aliphatic rings. The van der Waals surface area contributed by atoms with E-state index in [4.69, 9.17) is 5.73 Å². The number of unbranched alkanes of at least 4 members (excludes halogenated alkanes) is 1. The Labute approximate surface area is 118 Å². The Bertz CT molecular complexity index is 587. The van der Waals surface area contributed by atoms with Gasteiger partial charge in [-0.2, -0.15) is 4.31 Å². The van der Waals surface area contributed by atoms with Gasteiger partial charge < -0.3 is 5.73 Å². The SMILES string of the molecule is CCCCN(CC(N)=O)S(=O)(=O)c1cc(C)ccc1F. The minimum Gasteiger partial charge on any atom is -0.369 e. The Balaban J connectivity index is 3.20. The fraction of sp³-hybridized carbons (Fsp3) is 0.462. The van der Waals surface area contributed by atoms with Gasteiger partial charge in [-0.3, -0.25) is 4.79 Å². The van der Waals surface area contributed by atoms with Gasteiger partial charge in [-0.15, -0.1) is 0 Å². The van der Waals surface area contributed by atoms with Crippen LogP contribution in [0.2, 0.25) is 0 Å². The molecule has 0 bridgehead atoms. The molecule has 0 aromatic heterocycles. The van der Waals surface area contributed by atoms with Crippen LogP contribution in [-0.2, 0) is 14.8 Å². The number of nitrogens with zero attached hydrogens (tertiary/aromatic N) is 1. The summed E-state index contributed by atoms with van der Waals surface area (Å²) in [5, 5.41) is 0. The van der Waals surface area contributed by atoms with Crippen LogP contribution in [0.15, 0.2) is 23.1 Å². The Morgan fingerprint density at radius 1 is 1.40 bits per heavy atom. The number of primary amides is 1. The van der Waals surface area contributed by atoms with Crippen molar-refractivity contribution in [3.63, 3.8) is 0 Å². The molecule has 2 N–H and O–H groups in total. The largest absolute Gasteiger partial charge is 0.369 e. The maximum atomic E-state index is 13.8. The molecule has 0 saturated carbocycles. The van der Waals surface area contributed by atoms with E-state index in [1.807, 2.05) is 6.92 Å². The first-order chi connectivity index (χ1) is 9.28. The highest BCUT2D eigenvalue weighted by atomic mass is 32.2. The molecule has 20 heavy (non-hydrogen) atoms. The molecule has 1 aromatic rings. The van der Waals surface area contributed by atoms with Gasteiger partial charge in [0.05, 0.1) is 6.54 Å². The zero-order valence-corrected chi connectivity index (χ0v) is 12.4. The zero-order chi connectivity index (χ0) is 15.3. The lowest BCUT2D eigenvalue weighted by atomic mass is 10.2. The highest BCUT2D eigenvalue weighted by Gasteiger charge is 2.28. The van der Waals surface area contributed by atoms with Crippen LogP contribution in [0, 0.1) is 12.7 Å². The molecule has 0 fully saturated rings. The summed E-state index contributed by atoms with van der Waals surface area (Å²) in [4.78, 5) is 10.6. The van der Waals surface area contributed by atoms with Crippen LogP contribution in [0.1, 0.15) is 25.3 Å². The molecule has 1 rings (SSSR count). The zero-order valence-electron chi connectivity index (χ0n) is 11.6. The van der Waals surface area contributed by atoms with Gasteiger partial charge in [-0.05, 0) is 31.0 Å². The maximum absolute atomic E-state index is 13.8. The fourth-order valence-corrected chi connectivity index (χ4v) is 3.33. The number of aryl methyl sites for hydroxylation is 1. The lowest BCUT2D eigenvalue weighted by molar-refractivity contribution is -0.118. The molecule has 0 spiro atoms. The van der Waals surface area contributed by atoms with Crippen LogP contribution < -0.4 is 5.73 Å². The Hall–Kier alpha value is -1.47. The third-order valence-corrected chi connectivity index (χ3v) is 4.66. The Morgan fingerprint density at radius 2 is 2.05 bits per heavy atom. The number of hydrogen-bond acceptors (Lipinski definition) is 3. The van der Waals surface area contributed by atoms with Gasteiger partial charge in [-0.1, -0.05) is 19.4 Å². The normalized spacial score (nSPS) is 11.8. The first kappa shape index (κ1) is 16.6. The van der Waals surface area contributed by atoms with E-state index in [1.165, 1.54) is 12.1 Å². The second-order valence-electron chi connectivity index (χ2n) is 4.59. The van der Waals surface area contributed by atoms with Crippen LogP contribution >= 0.6 is 0 Å². The second kappa shape index (κ2) is 6.81.